The standard InChI is InChI=1S/C30H31F2N3O3/c1-20-2-4-21(5-3-20)19-33-28(36)25(22-6-8-23(31)9-7-22)12-15-35-16-13-30(14-17-35)26-18-24(32)10-11-27(26)34-29(37)38-30/h2-11,18,25H,12-17,19H2,1H3,(H,33,36)(H,34,37). The van der Waals surface area contributed by atoms with Crippen LogP contribution in [0.2, 0.25) is 0 Å². The van der Waals surface area contributed by atoms with Crippen LogP contribution < -0.4 is 10.6 Å². The fourth-order valence-electron chi connectivity index (χ4n) is 5.35. The van der Waals surface area contributed by atoms with Gasteiger partial charge in [-0.2, -0.15) is 0 Å². The number of ether oxygens (including phenoxy) is 1. The Morgan fingerprint density at radius 3 is 2.42 bits per heavy atom. The molecule has 2 amide bonds. The number of anilines is 1. The molecular formula is C30H31F2N3O3. The first kappa shape index (κ1) is 25.9. The summed E-state index contributed by atoms with van der Waals surface area (Å²) in [4.78, 5) is 27.7. The fraction of sp³-hybridized carbons (Fsp3) is 0.333. The molecule has 8 heteroatoms. The number of likely N-dealkylation sites (tertiary alicyclic amines) is 1. The van der Waals surface area contributed by atoms with E-state index in [4.69, 9.17) is 4.74 Å². The molecule has 1 atom stereocenters. The molecule has 2 aliphatic heterocycles. The average Bonchev–Trinajstić information content (AvgIpc) is 2.91. The lowest BCUT2D eigenvalue weighted by molar-refractivity contribution is -0.123. The number of halogens is 2. The maximum absolute atomic E-state index is 14.0. The number of hydrogen-bond acceptors (Lipinski definition) is 4. The number of benzene rings is 3. The van der Waals surface area contributed by atoms with E-state index in [-0.39, 0.29) is 17.5 Å². The lowest BCUT2D eigenvalue weighted by Gasteiger charge is -2.44. The summed E-state index contributed by atoms with van der Waals surface area (Å²) in [6.07, 6.45) is 1.07. The van der Waals surface area contributed by atoms with Crippen LogP contribution in [0.25, 0.3) is 0 Å². The highest BCUT2D eigenvalue weighted by Gasteiger charge is 2.44. The van der Waals surface area contributed by atoms with E-state index in [1.54, 1.807) is 18.2 Å². The topological polar surface area (TPSA) is 70.7 Å². The van der Waals surface area contributed by atoms with E-state index in [1.165, 1.54) is 24.3 Å². The van der Waals surface area contributed by atoms with Gasteiger partial charge in [0, 0.05) is 38.0 Å². The van der Waals surface area contributed by atoms with Gasteiger partial charge in [-0.25, -0.2) is 13.6 Å². The number of aryl methyl sites for hydroxylation is 1. The quantitative estimate of drug-likeness (QED) is 0.425. The van der Waals surface area contributed by atoms with Crippen molar-refractivity contribution in [1.82, 2.24) is 10.2 Å². The molecular weight excluding hydrogens is 488 g/mol. The van der Waals surface area contributed by atoms with Crippen LogP contribution in [0.5, 0.6) is 0 Å². The summed E-state index contributed by atoms with van der Waals surface area (Å²) >= 11 is 0. The molecule has 1 fully saturated rings. The number of amides is 2. The first-order valence-electron chi connectivity index (χ1n) is 12.9. The van der Waals surface area contributed by atoms with Gasteiger partial charge in [0.25, 0.3) is 0 Å². The zero-order valence-electron chi connectivity index (χ0n) is 21.3. The first-order chi connectivity index (χ1) is 18.3. The third kappa shape index (κ3) is 5.70. The second-order valence-electron chi connectivity index (χ2n) is 10.1. The Labute approximate surface area is 221 Å². The molecule has 2 heterocycles. The van der Waals surface area contributed by atoms with E-state index >= 15 is 0 Å². The van der Waals surface area contributed by atoms with Gasteiger partial charge in [-0.3, -0.25) is 10.1 Å². The van der Waals surface area contributed by atoms with Gasteiger partial charge >= 0.3 is 6.09 Å². The van der Waals surface area contributed by atoms with Crippen LogP contribution in [0.1, 0.15) is 47.4 Å². The molecule has 1 unspecified atom stereocenters. The van der Waals surface area contributed by atoms with Gasteiger partial charge in [0.1, 0.15) is 17.2 Å². The third-order valence-corrected chi connectivity index (χ3v) is 7.57. The van der Waals surface area contributed by atoms with Crippen molar-refractivity contribution in [2.45, 2.75) is 44.2 Å². The van der Waals surface area contributed by atoms with Crippen LogP contribution in [-0.2, 0) is 21.7 Å². The highest BCUT2D eigenvalue weighted by Crippen LogP contribution is 2.43. The number of nitrogens with zero attached hydrogens (tertiary/aromatic N) is 1. The Bertz CT molecular complexity index is 1300. The van der Waals surface area contributed by atoms with E-state index < -0.39 is 17.6 Å². The van der Waals surface area contributed by atoms with Crippen LogP contribution in [0, 0.1) is 18.6 Å². The molecule has 2 aliphatic rings. The molecule has 1 saturated heterocycles. The van der Waals surface area contributed by atoms with Crippen molar-refractivity contribution in [3.63, 3.8) is 0 Å². The highest BCUT2D eigenvalue weighted by atomic mass is 19.1. The molecule has 6 nitrogen and oxygen atoms in total. The number of carbonyl (C=O) groups excluding carboxylic acids is 2. The summed E-state index contributed by atoms with van der Waals surface area (Å²) in [5.74, 6) is -1.27. The maximum Gasteiger partial charge on any atom is 0.412 e. The molecule has 0 aliphatic carbocycles. The highest BCUT2D eigenvalue weighted by molar-refractivity contribution is 5.89. The average molecular weight is 520 g/mol. The number of carbonyl (C=O) groups is 2. The number of rotatable bonds is 7. The van der Waals surface area contributed by atoms with Crippen LogP contribution in [0.15, 0.2) is 66.7 Å². The number of piperidine rings is 1. The zero-order chi connectivity index (χ0) is 26.7. The number of hydrogen-bond donors (Lipinski definition) is 2. The lowest BCUT2D eigenvalue weighted by atomic mass is 9.82. The van der Waals surface area contributed by atoms with Gasteiger partial charge < -0.3 is 15.0 Å². The molecule has 1 spiro atoms. The normalized spacial score (nSPS) is 17.3. The fourth-order valence-corrected chi connectivity index (χ4v) is 5.35. The minimum atomic E-state index is -0.863. The van der Waals surface area contributed by atoms with Crippen LogP contribution >= 0.6 is 0 Å². The van der Waals surface area contributed by atoms with Crippen molar-refractivity contribution in [3.05, 3.63) is 101 Å². The second-order valence-corrected chi connectivity index (χ2v) is 10.1. The molecule has 2 N–H and O–H groups in total. The van der Waals surface area contributed by atoms with Gasteiger partial charge in [-0.05, 0) is 61.3 Å². The van der Waals surface area contributed by atoms with Crippen molar-refractivity contribution < 1.29 is 23.1 Å². The minimum Gasteiger partial charge on any atom is -0.438 e. The number of nitrogens with one attached hydrogen (secondary N) is 2. The Morgan fingerprint density at radius 1 is 1.03 bits per heavy atom. The molecule has 0 bridgehead atoms. The minimum absolute atomic E-state index is 0.109. The molecule has 0 saturated carbocycles. The predicted molar refractivity (Wildman–Crippen MR) is 141 cm³/mol. The molecule has 0 radical (unpaired) electrons. The van der Waals surface area contributed by atoms with E-state index in [0.29, 0.717) is 56.7 Å². The van der Waals surface area contributed by atoms with Crippen LogP contribution in [0.4, 0.5) is 19.3 Å². The molecule has 0 aromatic heterocycles. The molecule has 198 valence electrons. The van der Waals surface area contributed by atoms with Crippen molar-refractivity contribution in [1.29, 1.82) is 0 Å². The van der Waals surface area contributed by atoms with Crippen molar-refractivity contribution in [2.75, 3.05) is 25.0 Å². The molecule has 5 rings (SSSR count). The van der Waals surface area contributed by atoms with Gasteiger partial charge in [-0.1, -0.05) is 42.0 Å². The van der Waals surface area contributed by atoms with Gasteiger partial charge in [0.15, 0.2) is 0 Å². The summed E-state index contributed by atoms with van der Waals surface area (Å²) < 4.78 is 33.3. The monoisotopic (exact) mass is 519 g/mol. The predicted octanol–water partition coefficient (Wildman–Crippen LogP) is 5.62. The van der Waals surface area contributed by atoms with Gasteiger partial charge in [0.05, 0.1) is 11.6 Å². The van der Waals surface area contributed by atoms with Crippen molar-refractivity contribution in [3.8, 4) is 0 Å². The molecule has 3 aromatic rings. The lowest BCUT2D eigenvalue weighted by Crippen LogP contribution is -2.48. The Hall–Kier alpha value is -3.78. The Balaban J connectivity index is 1.24. The SMILES string of the molecule is Cc1ccc(CNC(=O)C(CCN2CCC3(CC2)OC(=O)Nc2ccc(F)cc23)c2ccc(F)cc2)cc1. The van der Waals surface area contributed by atoms with Gasteiger partial charge in [0.2, 0.25) is 5.91 Å². The van der Waals surface area contributed by atoms with E-state index in [2.05, 4.69) is 15.5 Å². The van der Waals surface area contributed by atoms with Crippen molar-refractivity contribution in [2.24, 2.45) is 0 Å². The zero-order valence-corrected chi connectivity index (χ0v) is 21.3. The maximum atomic E-state index is 14.0. The summed E-state index contributed by atoms with van der Waals surface area (Å²) in [7, 11) is 0. The van der Waals surface area contributed by atoms with E-state index in [0.717, 1.165) is 16.7 Å². The van der Waals surface area contributed by atoms with Crippen LogP contribution in [-0.4, -0.2) is 36.5 Å². The van der Waals surface area contributed by atoms with E-state index in [1.807, 2.05) is 31.2 Å². The summed E-state index contributed by atoms with van der Waals surface area (Å²) in [6.45, 7) is 4.33. The summed E-state index contributed by atoms with van der Waals surface area (Å²) in [5.41, 5.74) is 3.31. The number of fused-ring (bicyclic) bond motifs is 2. The van der Waals surface area contributed by atoms with Gasteiger partial charge in [-0.15, -0.1) is 0 Å². The molecule has 3 aromatic carbocycles. The summed E-state index contributed by atoms with van der Waals surface area (Å²) in [5, 5.41) is 5.69. The van der Waals surface area contributed by atoms with Crippen LogP contribution in [0.3, 0.4) is 0 Å². The first-order valence-corrected chi connectivity index (χ1v) is 12.9. The summed E-state index contributed by atoms with van der Waals surface area (Å²) in [6, 6.07) is 18.4. The van der Waals surface area contributed by atoms with E-state index in [9.17, 15) is 18.4 Å². The third-order valence-electron chi connectivity index (χ3n) is 7.57. The molecule has 38 heavy (non-hydrogen) atoms. The smallest absolute Gasteiger partial charge is 0.412 e. The largest absolute Gasteiger partial charge is 0.438 e. The second kappa shape index (κ2) is 10.9. The Morgan fingerprint density at radius 2 is 1.71 bits per heavy atom. The Kier molecular flexibility index (Phi) is 7.42. The van der Waals surface area contributed by atoms with Crippen molar-refractivity contribution >= 4 is 17.7 Å².